The van der Waals surface area contributed by atoms with E-state index in [0.29, 0.717) is 52.0 Å². The minimum atomic E-state index is -0.152. The van der Waals surface area contributed by atoms with Crippen molar-refractivity contribution in [3.05, 3.63) is 77.1 Å². The Kier molecular flexibility index (Phi) is 7.76. The highest BCUT2D eigenvalue weighted by atomic mass is 32.2. The topological polar surface area (TPSA) is 70.4 Å². The van der Waals surface area contributed by atoms with Crippen LogP contribution in [-0.2, 0) is 11.3 Å². The van der Waals surface area contributed by atoms with Gasteiger partial charge in [0.25, 0.3) is 5.91 Å². The van der Waals surface area contributed by atoms with Crippen LogP contribution in [0.2, 0.25) is 0 Å². The van der Waals surface area contributed by atoms with Gasteiger partial charge in [0.05, 0.1) is 31.9 Å². The molecule has 1 aliphatic rings. The predicted molar refractivity (Wildman–Crippen MR) is 134 cm³/mol. The largest absolute Gasteiger partial charge is 0.497 e. The lowest BCUT2D eigenvalue weighted by molar-refractivity contribution is -0.122. The molecule has 0 bridgehead atoms. The maximum Gasteiger partial charge on any atom is 0.266 e. The summed E-state index contributed by atoms with van der Waals surface area (Å²) in [7, 11) is 3.18. The number of ether oxygens (including phenoxy) is 4. The van der Waals surface area contributed by atoms with Crippen LogP contribution in [-0.4, -0.2) is 42.6 Å². The summed E-state index contributed by atoms with van der Waals surface area (Å²) in [5.41, 5.74) is 0.801. The molecule has 1 aromatic heterocycles. The number of carbonyl (C=O) groups is 1. The highest BCUT2D eigenvalue weighted by molar-refractivity contribution is 8.26. The van der Waals surface area contributed by atoms with Gasteiger partial charge in [-0.15, -0.1) is 0 Å². The van der Waals surface area contributed by atoms with Gasteiger partial charge >= 0.3 is 0 Å². The first-order valence-electron chi connectivity index (χ1n) is 10.4. The molecule has 0 spiro atoms. The molecule has 9 heteroatoms. The molecule has 1 aliphatic heterocycles. The van der Waals surface area contributed by atoms with E-state index in [9.17, 15) is 4.79 Å². The van der Waals surface area contributed by atoms with Gasteiger partial charge in [0.2, 0.25) is 0 Å². The molecule has 0 aliphatic carbocycles. The van der Waals surface area contributed by atoms with Crippen LogP contribution in [0.15, 0.2) is 70.2 Å². The fraction of sp³-hybridized carbons (Fsp3) is 0.200. The number of rotatable bonds is 10. The molecule has 0 saturated carbocycles. The van der Waals surface area contributed by atoms with Crippen LogP contribution < -0.4 is 18.9 Å². The van der Waals surface area contributed by atoms with E-state index >= 15 is 0 Å². The van der Waals surface area contributed by atoms with Crippen molar-refractivity contribution in [1.82, 2.24) is 4.90 Å². The number of furan rings is 1. The average molecular weight is 498 g/mol. The Bertz CT molecular complexity index is 1190. The zero-order chi connectivity index (χ0) is 23.9. The standard InChI is InChI=1S/C25H23NO6S2/c1-28-18-5-3-6-19(15-18)31-11-12-32-21-9-8-17(13-22(21)29-2)14-23-24(27)26(25(33)34-23)16-20-7-4-10-30-20/h3-10,13-15H,11-12,16H2,1-2H3. The van der Waals surface area contributed by atoms with Gasteiger partial charge in [0, 0.05) is 6.07 Å². The number of amides is 1. The summed E-state index contributed by atoms with van der Waals surface area (Å²) in [5.74, 6) is 3.10. The van der Waals surface area contributed by atoms with Gasteiger partial charge in [-0.3, -0.25) is 9.69 Å². The third-order valence-electron chi connectivity index (χ3n) is 4.90. The van der Waals surface area contributed by atoms with Crippen LogP contribution in [0.25, 0.3) is 6.08 Å². The summed E-state index contributed by atoms with van der Waals surface area (Å²) >= 11 is 6.65. The fourth-order valence-electron chi connectivity index (χ4n) is 3.24. The Balaban J connectivity index is 1.37. The first-order chi connectivity index (χ1) is 16.6. The van der Waals surface area contributed by atoms with E-state index in [2.05, 4.69) is 0 Å². The summed E-state index contributed by atoms with van der Waals surface area (Å²) in [5, 5.41) is 0. The molecule has 0 N–H and O–H groups in total. The second kappa shape index (κ2) is 11.1. The molecule has 2 heterocycles. The van der Waals surface area contributed by atoms with Crippen molar-refractivity contribution in [2.24, 2.45) is 0 Å². The van der Waals surface area contributed by atoms with Gasteiger partial charge in [-0.25, -0.2) is 0 Å². The van der Waals surface area contributed by atoms with Crippen molar-refractivity contribution < 1.29 is 28.2 Å². The fourth-order valence-corrected chi connectivity index (χ4v) is 4.50. The summed E-state index contributed by atoms with van der Waals surface area (Å²) in [6, 6.07) is 16.5. The van der Waals surface area contributed by atoms with Crippen molar-refractivity contribution in [3.63, 3.8) is 0 Å². The Hall–Kier alpha value is -3.43. The lowest BCUT2D eigenvalue weighted by Gasteiger charge is -2.13. The highest BCUT2D eigenvalue weighted by Gasteiger charge is 2.32. The number of benzene rings is 2. The SMILES string of the molecule is COc1cccc(OCCOc2ccc(C=C3SC(=S)N(Cc4ccco4)C3=O)cc2OC)c1. The zero-order valence-electron chi connectivity index (χ0n) is 18.7. The molecule has 4 rings (SSSR count). The van der Waals surface area contributed by atoms with E-state index in [0.717, 1.165) is 11.3 Å². The lowest BCUT2D eigenvalue weighted by Crippen LogP contribution is -2.27. The van der Waals surface area contributed by atoms with E-state index in [1.807, 2.05) is 42.5 Å². The van der Waals surface area contributed by atoms with Crippen LogP contribution in [0.3, 0.4) is 0 Å². The number of thiocarbonyl (C=S) groups is 1. The Morgan fingerprint density at radius 3 is 2.56 bits per heavy atom. The maximum absolute atomic E-state index is 12.8. The third-order valence-corrected chi connectivity index (χ3v) is 6.28. The number of carbonyl (C=O) groups excluding carboxylic acids is 1. The van der Waals surface area contributed by atoms with Crippen molar-refractivity contribution in [2.75, 3.05) is 27.4 Å². The zero-order valence-corrected chi connectivity index (χ0v) is 20.3. The molecule has 3 aromatic rings. The van der Waals surface area contributed by atoms with Gasteiger partial charge in [-0.1, -0.05) is 36.1 Å². The molecule has 0 atom stereocenters. The second-order valence-corrected chi connectivity index (χ2v) is 8.81. The van der Waals surface area contributed by atoms with Crippen molar-refractivity contribution in [3.8, 4) is 23.0 Å². The first-order valence-corrected chi connectivity index (χ1v) is 11.7. The van der Waals surface area contributed by atoms with E-state index in [1.165, 1.54) is 16.7 Å². The van der Waals surface area contributed by atoms with Crippen LogP contribution in [0, 0.1) is 0 Å². The maximum atomic E-state index is 12.8. The molecule has 1 saturated heterocycles. The minimum absolute atomic E-state index is 0.152. The van der Waals surface area contributed by atoms with Crippen LogP contribution in [0.5, 0.6) is 23.0 Å². The lowest BCUT2D eigenvalue weighted by atomic mass is 10.2. The second-order valence-electron chi connectivity index (χ2n) is 7.13. The van der Waals surface area contributed by atoms with Gasteiger partial charge in [0.1, 0.15) is 34.8 Å². The molecule has 7 nitrogen and oxygen atoms in total. The number of thioether (sulfide) groups is 1. The normalized spacial score (nSPS) is 14.5. The molecule has 2 aromatic carbocycles. The quantitative estimate of drug-likeness (QED) is 0.216. The Morgan fingerprint density at radius 1 is 0.971 bits per heavy atom. The van der Waals surface area contributed by atoms with E-state index in [4.69, 9.17) is 35.6 Å². The molecule has 0 unspecified atom stereocenters. The first kappa shape index (κ1) is 23.7. The van der Waals surface area contributed by atoms with Crippen molar-refractivity contribution in [2.45, 2.75) is 6.54 Å². The summed E-state index contributed by atoms with van der Waals surface area (Å²) in [4.78, 5) is 14.9. The molecule has 1 fully saturated rings. The molecule has 176 valence electrons. The minimum Gasteiger partial charge on any atom is -0.497 e. The van der Waals surface area contributed by atoms with Crippen molar-refractivity contribution >= 4 is 40.3 Å². The van der Waals surface area contributed by atoms with E-state index in [-0.39, 0.29) is 5.91 Å². The smallest absolute Gasteiger partial charge is 0.266 e. The number of nitrogens with zero attached hydrogens (tertiary/aromatic N) is 1. The van der Waals surface area contributed by atoms with Gasteiger partial charge in [-0.05, 0) is 48.0 Å². The van der Waals surface area contributed by atoms with Gasteiger partial charge in [-0.2, -0.15) is 0 Å². The van der Waals surface area contributed by atoms with E-state index in [1.54, 1.807) is 38.7 Å². The number of hydrogen-bond acceptors (Lipinski definition) is 8. The summed E-state index contributed by atoms with van der Waals surface area (Å²) < 4.78 is 28.0. The van der Waals surface area contributed by atoms with Gasteiger partial charge in [0.15, 0.2) is 11.5 Å². The molecule has 0 radical (unpaired) electrons. The van der Waals surface area contributed by atoms with Gasteiger partial charge < -0.3 is 23.4 Å². The molecule has 1 amide bonds. The molecule has 34 heavy (non-hydrogen) atoms. The van der Waals surface area contributed by atoms with Crippen LogP contribution in [0.4, 0.5) is 0 Å². The summed E-state index contributed by atoms with van der Waals surface area (Å²) in [6.45, 7) is 0.998. The van der Waals surface area contributed by atoms with Crippen molar-refractivity contribution in [1.29, 1.82) is 0 Å². The number of hydrogen-bond donors (Lipinski definition) is 0. The van der Waals surface area contributed by atoms with Crippen LogP contribution in [0.1, 0.15) is 11.3 Å². The summed E-state index contributed by atoms with van der Waals surface area (Å²) in [6.07, 6.45) is 3.36. The molecular formula is C25H23NO6S2. The number of methoxy groups -OCH3 is 2. The van der Waals surface area contributed by atoms with E-state index < -0.39 is 0 Å². The van der Waals surface area contributed by atoms with Crippen LogP contribution >= 0.6 is 24.0 Å². The molecular weight excluding hydrogens is 474 g/mol. The third kappa shape index (κ3) is 5.73. The Labute approximate surface area is 207 Å². The Morgan fingerprint density at radius 2 is 1.79 bits per heavy atom. The predicted octanol–water partition coefficient (Wildman–Crippen LogP) is 5.16. The highest BCUT2D eigenvalue weighted by Crippen LogP contribution is 2.35. The monoisotopic (exact) mass is 497 g/mol. The average Bonchev–Trinajstić information content (AvgIpc) is 3.46.